The highest BCUT2D eigenvalue weighted by molar-refractivity contribution is 7.92. The van der Waals surface area contributed by atoms with Gasteiger partial charge in [-0.3, -0.25) is 4.72 Å². The Kier molecular flexibility index (Phi) is 3.59. The van der Waals surface area contributed by atoms with Gasteiger partial charge in [-0.05, 0) is 44.1 Å². The van der Waals surface area contributed by atoms with Crippen LogP contribution in [0, 0.1) is 0 Å². The van der Waals surface area contributed by atoms with Crippen molar-refractivity contribution in [1.82, 2.24) is 5.32 Å². The summed E-state index contributed by atoms with van der Waals surface area (Å²) >= 11 is 0. The van der Waals surface area contributed by atoms with E-state index in [2.05, 4.69) is 10.0 Å². The van der Waals surface area contributed by atoms with Gasteiger partial charge in [-0.1, -0.05) is 0 Å². The molecule has 1 saturated heterocycles. The van der Waals surface area contributed by atoms with Gasteiger partial charge in [-0.25, -0.2) is 8.42 Å². The summed E-state index contributed by atoms with van der Waals surface area (Å²) in [6.45, 7) is 1.77. The largest absolute Gasteiger partial charge is 0.487 e. The number of fused-ring (bicyclic) bond motifs is 1. The Hall–Kier alpha value is -1.31. The molecule has 1 unspecified atom stereocenters. The number of benzene rings is 1. The zero-order chi connectivity index (χ0) is 15.1. The summed E-state index contributed by atoms with van der Waals surface area (Å²) in [6.07, 6.45) is 2.75. The van der Waals surface area contributed by atoms with E-state index in [9.17, 15) is 13.5 Å². The summed E-state index contributed by atoms with van der Waals surface area (Å²) in [4.78, 5) is 0. The Balaban J connectivity index is 1.89. The molecule has 2 aliphatic rings. The number of ether oxygens (including phenoxy) is 1. The van der Waals surface area contributed by atoms with Crippen LogP contribution in [0.4, 0.5) is 5.69 Å². The number of sulfonamides is 1. The lowest BCUT2D eigenvalue weighted by Crippen LogP contribution is -2.49. The average Bonchev–Trinajstić information content (AvgIpc) is 2.39. The number of hydrogen-bond acceptors (Lipinski definition) is 5. The van der Waals surface area contributed by atoms with Crippen LogP contribution in [0.15, 0.2) is 18.2 Å². The number of aliphatic hydroxyl groups is 1. The Morgan fingerprint density at radius 3 is 2.76 bits per heavy atom. The Morgan fingerprint density at radius 1 is 1.38 bits per heavy atom. The minimum Gasteiger partial charge on any atom is -0.487 e. The predicted octanol–water partition coefficient (Wildman–Crippen LogP) is 0.996. The molecule has 0 aromatic heterocycles. The molecule has 6 nitrogen and oxygen atoms in total. The molecular formula is C14H20N2O4S. The lowest BCUT2D eigenvalue weighted by Gasteiger charge is -2.43. The molecule has 21 heavy (non-hydrogen) atoms. The molecule has 2 aliphatic heterocycles. The van der Waals surface area contributed by atoms with E-state index in [1.807, 2.05) is 0 Å². The quantitative estimate of drug-likeness (QED) is 0.758. The van der Waals surface area contributed by atoms with Gasteiger partial charge < -0.3 is 15.2 Å². The van der Waals surface area contributed by atoms with Crippen molar-refractivity contribution in [3.63, 3.8) is 0 Å². The maximum absolute atomic E-state index is 11.3. The fourth-order valence-electron chi connectivity index (χ4n) is 3.11. The Labute approximate surface area is 124 Å². The lowest BCUT2D eigenvalue weighted by atomic mass is 9.82. The molecule has 116 valence electrons. The van der Waals surface area contributed by atoms with Crippen molar-refractivity contribution in [2.24, 2.45) is 0 Å². The zero-order valence-corrected chi connectivity index (χ0v) is 12.7. The van der Waals surface area contributed by atoms with Crippen molar-refractivity contribution < 1.29 is 18.3 Å². The smallest absolute Gasteiger partial charge is 0.229 e. The highest BCUT2D eigenvalue weighted by Gasteiger charge is 2.41. The number of anilines is 1. The maximum atomic E-state index is 11.3. The van der Waals surface area contributed by atoms with E-state index in [4.69, 9.17) is 4.74 Å². The number of nitrogens with one attached hydrogen (secondary N) is 2. The molecule has 0 amide bonds. The summed E-state index contributed by atoms with van der Waals surface area (Å²) in [6, 6.07) is 5.04. The van der Waals surface area contributed by atoms with Gasteiger partial charge >= 0.3 is 0 Å². The van der Waals surface area contributed by atoms with E-state index in [1.54, 1.807) is 18.2 Å². The second kappa shape index (κ2) is 5.15. The van der Waals surface area contributed by atoms with E-state index in [0.717, 1.165) is 32.2 Å². The monoisotopic (exact) mass is 312 g/mol. The van der Waals surface area contributed by atoms with Gasteiger partial charge in [-0.2, -0.15) is 0 Å². The summed E-state index contributed by atoms with van der Waals surface area (Å²) < 4.78 is 31.1. The molecule has 1 aromatic carbocycles. The summed E-state index contributed by atoms with van der Waals surface area (Å²) in [7, 11) is -3.33. The zero-order valence-electron chi connectivity index (χ0n) is 11.9. The number of piperidine rings is 1. The van der Waals surface area contributed by atoms with Crippen LogP contribution >= 0.6 is 0 Å². The number of aliphatic hydroxyl groups excluding tert-OH is 1. The van der Waals surface area contributed by atoms with E-state index in [1.165, 1.54) is 0 Å². The molecule has 3 rings (SSSR count). The highest BCUT2D eigenvalue weighted by Crippen LogP contribution is 2.44. The molecular weight excluding hydrogens is 292 g/mol. The molecule has 1 spiro atoms. The molecule has 0 aliphatic carbocycles. The third-order valence-electron chi connectivity index (χ3n) is 4.08. The van der Waals surface area contributed by atoms with Crippen molar-refractivity contribution in [3.8, 4) is 5.75 Å². The molecule has 1 aromatic rings. The van der Waals surface area contributed by atoms with Gasteiger partial charge in [0.2, 0.25) is 10.0 Å². The standard InChI is InChI=1S/C14H20N2O4S/c1-21(18,19)16-10-2-3-13-11(8-10)12(17)9-14(20-13)4-6-15-7-5-14/h2-3,8,12,15-17H,4-7,9H2,1H3. The first-order valence-electron chi connectivity index (χ1n) is 7.06. The lowest BCUT2D eigenvalue weighted by molar-refractivity contribution is -0.0336. The van der Waals surface area contributed by atoms with Crippen LogP contribution in [0.5, 0.6) is 5.75 Å². The van der Waals surface area contributed by atoms with Gasteiger partial charge in [0.05, 0.1) is 12.4 Å². The van der Waals surface area contributed by atoms with Crippen LogP contribution in [0.25, 0.3) is 0 Å². The summed E-state index contributed by atoms with van der Waals surface area (Å²) in [5.41, 5.74) is 0.789. The third kappa shape index (κ3) is 3.14. The molecule has 1 fully saturated rings. The van der Waals surface area contributed by atoms with Crippen molar-refractivity contribution in [3.05, 3.63) is 23.8 Å². The fraction of sp³-hybridized carbons (Fsp3) is 0.571. The normalized spacial score (nSPS) is 24.2. The summed E-state index contributed by atoms with van der Waals surface area (Å²) in [5.74, 6) is 0.648. The van der Waals surface area contributed by atoms with Gasteiger partial charge in [0.25, 0.3) is 0 Å². The van der Waals surface area contributed by atoms with Gasteiger partial charge in [0, 0.05) is 17.7 Å². The topological polar surface area (TPSA) is 87.7 Å². The first kappa shape index (κ1) is 14.6. The molecule has 2 heterocycles. The van der Waals surface area contributed by atoms with Crippen LogP contribution in [0.1, 0.15) is 30.9 Å². The minimum absolute atomic E-state index is 0.302. The van der Waals surface area contributed by atoms with E-state index in [-0.39, 0.29) is 5.60 Å². The van der Waals surface area contributed by atoms with Crippen molar-refractivity contribution >= 4 is 15.7 Å². The molecule has 0 saturated carbocycles. The van der Waals surface area contributed by atoms with E-state index < -0.39 is 16.1 Å². The van der Waals surface area contributed by atoms with Crippen LogP contribution in [0.2, 0.25) is 0 Å². The molecule has 3 N–H and O–H groups in total. The van der Waals surface area contributed by atoms with Gasteiger partial charge in [-0.15, -0.1) is 0 Å². The SMILES string of the molecule is CS(=O)(=O)Nc1ccc2c(c1)C(O)CC1(CCNCC1)O2. The Bertz CT molecular complexity index is 638. The maximum Gasteiger partial charge on any atom is 0.229 e. The second-order valence-corrected chi connectivity index (χ2v) is 7.63. The van der Waals surface area contributed by atoms with Gasteiger partial charge in [0.1, 0.15) is 11.4 Å². The fourth-order valence-corrected chi connectivity index (χ4v) is 3.66. The summed E-state index contributed by atoms with van der Waals surface area (Å²) in [5, 5.41) is 13.7. The van der Waals surface area contributed by atoms with Crippen LogP contribution in [-0.4, -0.2) is 38.5 Å². The first-order chi connectivity index (χ1) is 9.87. The molecule has 0 radical (unpaired) electrons. The van der Waals surface area contributed by atoms with Crippen molar-refractivity contribution in [2.45, 2.75) is 31.0 Å². The Morgan fingerprint density at radius 2 is 2.10 bits per heavy atom. The minimum atomic E-state index is -3.33. The van der Waals surface area contributed by atoms with E-state index in [0.29, 0.717) is 23.4 Å². The molecule has 0 bridgehead atoms. The van der Waals surface area contributed by atoms with Crippen LogP contribution < -0.4 is 14.8 Å². The van der Waals surface area contributed by atoms with Crippen LogP contribution in [-0.2, 0) is 10.0 Å². The second-order valence-electron chi connectivity index (χ2n) is 5.88. The third-order valence-corrected chi connectivity index (χ3v) is 4.69. The molecule has 1 atom stereocenters. The van der Waals surface area contributed by atoms with Gasteiger partial charge in [0.15, 0.2) is 0 Å². The highest BCUT2D eigenvalue weighted by atomic mass is 32.2. The molecule has 7 heteroatoms. The number of hydrogen-bond donors (Lipinski definition) is 3. The average molecular weight is 312 g/mol. The first-order valence-corrected chi connectivity index (χ1v) is 8.96. The number of rotatable bonds is 2. The van der Waals surface area contributed by atoms with Crippen molar-refractivity contribution in [2.75, 3.05) is 24.1 Å². The van der Waals surface area contributed by atoms with E-state index >= 15 is 0 Å². The van der Waals surface area contributed by atoms with Crippen LogP contribution in [0.3, 0.4) is 0 Å². The predicted molar refractivity (Wildman–Crippen MR) is 79.9 cm³/mol. The van der Waals surface area contributed by atoms with Crippen molar-refractivity contribution in [1.29, 1.82) is 0 Å².